The van der Waals surface area contributed by atoms with E-state index >= 15 is 0 Å². The van der Waals surface area contributed by atoms with Crippen LogP contribution in [0.25, 0.3) is 10.8 Å². The number of amides is 2. The Morgan fingerprint density at radius 3 is 2.46 bits per heavy atom. The largest absolute Gasteiger partial charge is 0.497 e. The molecule has 4 rings (SSSR count). The highest BCUT2D eigenvalue weighted by Crippen LogP contribution is 2.34. The third kappa shape index (κ3) is 8.05. The molecule has 1 aromatic heterocycles. The summed E-state index contributed by atoms with van der Waals surface area (Å²) in [5, 5.41) is 10.2. The van der Waals surface area contributed by atoms with Gasteiger partial charge >= 0.3 is 6.09 Å². The van der Waals surface area contributed by atoms with E-state index in [1.165, 1.54) is 7.11 Å². The van der Waals surface area contributed by atoms with Crippen molar-refractivity contribution in [2.45, 2.75) is 26.4 Å². The molecule has 0 aliphatic carbocycles. The number of anilines is 3. The second kappa shape index (κ2) is 13.0. The van der Waals surface area contributed by atoms with Crippen molar-refractivity contribution in [1.29, 1.82) is 0 Å². The number of methoxy groups -OCH3 is 2. The first-order valence-corrected chi connectivity index (χ1v) is 12.9. The molecule has 2 amide bonds. The van der Waals surface area contributed by atoms with Crippen LogP contribution in [0.1, 0.15) is 31.1 Å². The van der Waals surface area contributed by atoms with Gasteiger partial charge in [-0.2, -0.15) is 4.98 Å². The average Bonchev–Trinajstić information content (AvgIpc) is 2.93. The number of benzene rings is 3. The molecule has 0 unspecified atom stereocenters. The number of fused-ring (bicyclic) bond motifs is 1. The maximum absolute atomic E-state index is 12.6. The fourth-order valence-electron chi connectivity index (χ4n) is 3.87. The van der Waals surface area contributed by atoms with E-state index in [1.54, 1.807) is 70.5 Å². The minimum atomic E-state index is -0.620. The molecule has 11 heteroatoms. The van der Waals surface area contributed by atoms with Crippen molar-refractivity contribution in [2.24, 2.45) is 0 Å². The Morgan fingerprint density at radius 2 is 1.73 bits per heavy atom. The summed E-state index contributed by atoms with van der Waals surface area (Å²) in [5.41, 5.74) is 0.931. The first-order valence-electron chi connectivity index (χ1n) is 12.9. The lowest BCUT2D eigenvalue weighted by atomic mass is 10.1. The molecule has 11 nitrogen and oxygen atoms in total. The number of nitrogens with one attached hydrogen (secondary N) is 3. The van der Waals surface area contributed by atoms with Gasteiger partial charge in [0.25, 0.3) is 5.91 Å². The van der Waals surface area contributed by atoms with Crippen molar-refractivity contribution in [3.63, 3.8) is 0 Å². The van der Waals surface area contributed by atoms with E-state index < -0.39 is 11.7 Å². The summed E-state index contributed by atoms with van der Waals surface area (Å²) in [4.78, 5) is 33.7. The van der Waals surface area contributed by atoms with Gasteiger partial charge in [-0.1, -0.05) is 24.3 Å². The molecule has 4 aromatic rings. The van der Waals surface area contributed by atoms with Crippen molar-refractivity contribution in [1.82, 2.24) is 15.3 Å². The molecule has 1 heterocycles. The minimum Gasteiger partial charge on any atom is -0.497 e. The summed E-state index contributed by atoms with van der Waals surface area (Å²) in [6.07, 6.45) is 1.01. The molecule has 0 radical (unpaired) electrons. The number of aromatic nitrogens is 2. The van der Waals surface area contributed by atoms with Crippen LogP contribution >= 0.6 is 0 Å². The van der Waals surface area contributed by atoms with Crippen molar-refractivity contribution < 1.29 is 28.5 Å². The van der Waals surface area contributed by atoms with Crippen molar-refractivity contribution >= 4 is 40.1 Å². The molecule has 214 valence electrons. The van der Waals surface area contributed by atoms with E-state index in [0.29, 0.717) is 47.5 Å². The third-order valence-corrected chi connectivity index (χ3v) is 5.62. The average molecular weight is 560 g/mol. The zero-order valence-corrected chi connectivity index (χ0v) is 23.6. The van der Waals surface area contributed by atoms with Crippen LogP contribution in [0.2, 0.25) is 0 Å². The second-order valence-electron chi connectivity index (χ2n) is 9.93. The summed E-state index contributed by atoms with van der Waals surface area (Å²) < 4.78 is 21.9. The number of hydrogen-bond acceptors (Lipinski definition) is 9. The monoisotopic (exact) mass is 559 g/mol. The SMILES string of the molecule is COCCNC(=O)c1cc(Nc2nccc(Oc3ccc(NC(=O)OC(C)(C)C)c4ccccc34)n2)cc(OC)c1. The Balaban J connectivity index is 1.54. The fraction of sp³-hybridized carbons (Fsp3) is 0.267. The first kappa shape index (κ1) is 29.1. The Hall–Kier alpha value is -4.90. The summed E-state index contributed by atoms with van der Waals surface area (Å²) >= 11 is 0. The summed E-state index contributed by atoms with van der Waals surface area (Å²) in [6.45, 7) is 6.20. The minimum absolute atomic E-state index is 0.258. The normalized spacial score (nSPS) is 11.0. The number of carbonyl (C=O) groups is 2. The van der Waals surface area contributed by atoms with E-state index in [0.717, 1.165) is 10.8 Å². The van der Waals surface area contributed by atoms with E-state index in [9.17, 15) is 9.59 Å². The lowest BCUT2D eigenvalue weighted by Crippen LogP contribution is -2.27. The molecule has 0 bridgehead atoms. The molecule has 0 atom stereocenters. The van der Waals surface area contributed by atoms with E-state index in [4.69, 9.17) is 18.9 Å². The van der Waals surface area contributed by atoms with Gasteiger partial charge in [0.05, 0.1) is 19.4 Å². The van der Waals surface area contributed by atoms with Gasteiger partial charge in [0.1, 0.15) is 17.1 Å². The zero-order chi connectivity index (χ0) is 29.4. The lowest BCUT2D eigenvalue weighted by molar-refractivity contribution is 0.0636. The Bertz CT molecular complexity index is 1540. The fourth-order valence-corrected chi connectivity index (χ4v) is 3.87. The van der Waals surface area contributed by atoms with Crippen molar-refractivity contribution in [3.8, 4) is 17.4 Å². The first-order chi connectivity index (χ1) is 19.6. The van der Waals surface area contributed by atoms with Crippen LogP contribution in [-0.2, 0) is 9.47 Å². The van der Waals surface area contributed by atoms with Gasteiger partial charge in [-0.15, -0.1) is 0 Å². The molecule has 0 spiro atoms. The number of hydrogen-bond donors (Lipinski definition) is 3. The van der Waals surface area contributed by atoms with Crippen LogP contribution in [0.5, 0.6) is 17.4 Å². The van der Waals surface area contributed by atoms with E-state index in [2.05, 4.69) is 25.9 Å². The maximum Gasteiger partial charge on any atom is 0.412 e. The van der Waals surface area contributed by atoms with Crippen LogP contribution in [0.3, 0.4) is 0 Å². The van der Waals surface area contributed by atoms with E-state index in [-0.39, 0.29) is 11.9 Å². The Labute approximate surface area is 238 Å². The molecule has 0 fully saturated rings. The van der Waals surface area contributed by atoms with Gasteiger partial charge in [-0.3, -0.25) is 10.1 Å². The van der Waals surface area contributed by atoms with Crippen LogP contribution < -0.4 is 25.4 Å². The zero-order valence-electron chi connectivity index (χ0n) is 23.6. The van der Waals surface area contributed by atoms with Crippen LogP contribution in [0.4, 0.5) is 22.1 Å². The van der Waals surface area contributed by atoms with Gasteiger partial charge in [0.15, 0.2) is 0 Å². The molecule has 0 aliphatic heterocycles. The summed E-state index contributed by atoms with van der Waals surface area (Å²) in [5.74, 6) is 1.32. The van der Waals surface area contributed by atoms with Gasteiger partial charge in [0.2, 0.25) is 11.8 Å². The van der Waals surface area contributed by atoms with Gasteiger partial charge in [-0.05, 0) is 45.0 Å². The molecular weight excluding hydrogens is 526 g/mol. The number of ether oxygens (including phenoxy) is 4. The second-order valence-corrected chi connectivity index (χ2v) is 9.93. The number of rotatable bonds is 10. The van der Waals surface area contributed by atoms with E-state index in [1.807, 2.05) is 24.3 Å². The van der Waals surface area contributed by atoms with Crippen LogP contribution in [0, 0.1) is 0 Å². The molecule has 0 saturated carbocycles. The summed E-state index contributed by atoms with van der Waals surface area (Å²) in [6, 6.07) is 17.7. The molecule has 3 aromatic carbocycles. The van der Waals surface area contributed by atoms with Gasteiger partial charge < -0.3 is 29.6 Å². The molecule has 0 aliphatic rings. The highest BCUT2D eigenvalue weighted by molar-refractivity contribution is 6.03. The quantitative estimate of drug-likeness (QED) is 0.203. The topological polar surface area (TPSA) is 133 Å². The maximum atomic E-state index is 12.6. The van der Waals surface area contributed by atoms with Crippen LogP contribution in [-0.4, -0.2) is 54.9 Å². The lowest BCUT2D eigenvalue weighted by Gasteiger charge is -2.20. The van der Waals surface area contributed by atoms with Gasteiger partial charge in [0, 0.05) is 54.0 Å². The van der Waals surface area contributed by atoms with Gasteiger partial charge in [-0.25, -0.2) is 9.78 Å². The predicted molar refractivity (Wildman–Crippen MR) is 156 cm³/mol. The van der Waals surface area contributed by atoms with Crippen molar-refractivity contribution in [3.05, 3.63) is 72.4 Å². The smallest absolute Gasteiger partial charge is 0.412 e. The predicted octanol–water partition coefficient (Wildman–Crippen LogP) is 5.90. The Morgan fingerprint density at radius 1 is 0.951 bits per heavy atom. The highest BCUT2D eigenvalue weighted by atomic mass is 16.6. The molecule has 0 saturated heterocycles. The summed E-state index contributed by atoms with van der Waals surface area (Å²) in [7, 11) is 3.09. The Kier molecular flexibility index (Phi) is 9.20. The number of nitrogens with zero attached hydrogens (tertiary/aromatic N) is 2. The standard InChI is InChI=1S/C30H33N5O6/c1-30(2,3)41-29(37)34-24-10-11-25(23-9-7-6-8-22(23)24)40-26-12-13-32-28(35-26)33-20-16-19(17-21(18-20)39-5)27(36)31-14-15-38-4/h6-13,16-18H,14-15H2,1-5H3,(H,31,36)(H,34,37)(H,32,33,35). The van der Waals surface area contributed by atoms with Crippen LogP contribution in [0.15, 0.2) is 66.9 Å². The molecule has 41 heavy (non-hydrogen) atoms. The third-order valence-electron chi connectivity index (χ3n) is 5.62. The highest BCUT2D eigenvalue weighted by Gasteiger charge is 2.18. The molecular formula is C30H33N5O6. The number of carbonyl (C=O) groups excluding carboxylic acids is 2. The van der Waals surface area contributed by atoms with Crippen molar-refractivity contribution in [2.75, 3.05) is 38.0 Å². The molecule has 3 N–H and O–H groups in total.